The molecule has 0 unspecified atom stereocenters. The molecule has 3 N–H and O–H groups in total. The minimum atomic E-state index is -3.83. The van der Waals surface area contributed by atoms with Crippen LogP contribution >= 0.6 is 34.5 Å². The summed E-state index contributed by atoms with van der Waals surface area (Å²) in [4.78, 5) is 12.1. The highest BCUT2D eigenvalue weighted by Crippen LogP contribution is 2.39. The summed E-state index contributed by atoms with van der Waals surface area (Å²) in [5.41, 5.74) is 0.263. The maximum atomic E-state index is 12.5. The number of anilines is 2. The number of hydrogen-bond donors (Lipinski definition) is 3. The van der Waals surface area contributed by atoms with Gasteiger partial charge in [0.05, 0.1) is 21.4 Å². The molecule has 7 nitrogen and oxygen atoms in total. The summed E-state index contributed by atoms with van der Waals surface area (Å²) in [5, 5.41) is 16.9. The van der Waals surface area contributed by atoms with Crippen LogP contribution in [-0.2, 0) is 10.0 Å². The second kappa shape index (κ2) is 8.45. The molecule has 0 saturated carbocycles. The van der Waals surface area contributed by atoms with Crippen molar-refractivity contribution in [2.24, 2.45) is 0 Å². The van der Waals surface area contributed by atoms with Crippen LogP contribution in [0.25, 0.3) is 0 Å². The Hall–Kier alpha value is -1.52. The number of rotatable bonds is 6. The van der Waals surface area contributed by atoms with E-state index in [0.717, 1.165) is 11.3 Å². The van der Waals surface area contributed by atoms with Crippen LogP contribution in [0.5, 0.6) is 5.75 Å². The van der Waals surface area contributed by atoms with Crippen LogP contribution in [-0.4, -0.2) is 37.0 Å². The smallest absolute Gasteiger partial charge is 0.323 e. The van der Waals surface area contributed by atoms with E-state index < -0.39 is 21.8 Å². The Morgan fingerprint density at radius 2 is 1.81 bits per heavy atom. The number of aromatic hydroxyl groups is 1. The number of thiophene rings is 1. The molecule has 2 amide bonds. The number of benzene rings is 1. The molecule has 0 radical (unpaired) electrons. The van der Waals surface area contributed by atoms with Crippen molar-refractivity contribution in [3.05, 3.63) is 33.6 Å². The first-order chi connectivity index (χ1) is 12.2. The number of hydrogen-bond acceptors (Lipinski definition) is 5. The number of carbonyl (C=O) groups excluding carboxylic acids is 1. The fourth-order valence-electron chi connectivity index (χ4n) is 2.16. The van der Waals surface area contributed by atoms with E-state index in [-0.39, 0.29) is 38.7 Å². The van der Waals surface area contributed by atoms with Crippen LogP contribution < -0.4 is 10.6 Å². The summed E-state index contributed by atoms with van der Waals surface area (Å²) in [6.45, 7) is 3.94. The molecule has 0 fully saturated rings. The average molecular weight is 438 g/mol. The monoisotopic (exact) mass is 437 g/mol. The molecule has 142 valence electrons. The molecule has 1 heterocycles. The molecule has 2 rings (SSSR count). The van der Waals surface area contributed by atoms with Crippen LogP contribution in [0.4, 0.5) is 16.2 Å². The highest BCUT2D eigenvalue weighted by molar-refractivity contribution is 7.91. The molecule has 0 aliphatic heterocycles. The van der Waals surface area contributed by atoms with Gasteiger partial charge in [0.1, 0.15) is 0 Å². The zero-order chi connectivity index (χ0) is 19.5. The molecule has 11 heteroatoms. The molecule has 1 aromatic heterocycles. The summed E-state index contributed by atoms with van der Waals surface area (Å²) >= 11 is 12.7. The van der Waals surface area contributed by atoms with Gasteiger partial charge < -0.3 is 15.7 Å². The van der Waals surface area contributed by atoms with Crippen molar-refractivity contribution in [1.29, 1.82) is 0 Å². The van der Waals surface area contributed by atoms with Gasteiger partial charge in [0.15, 0.2) is 9.96 Å². The highest BCUT2D eigenvalue weighted by Gasteiger charge is 2.29. The van der Waals surface area contributed by atoms with Gasteiger partial charge in [-0.3, -0.25) is 0 Å². The number of sulfonamides is 1. The summed E-state index contributed by atoms with van der Waals surface area (Å²) in [5.74, 6) is -0.505. The molecule has 0 aliphatic carbocycles. The molecule has 1 aromatic carbocycles. The highest BCUT2D eigenvalue weighted by atomic mass is 35.5. The van der Waals surface area contributed by atoms with Gasteiger partial charge >= 0.3 is 6.03 Å². The Bertz CT molecular complexity index is 912. The average Bonchev–Trinajstić information content (AvgIpc) is 2.94. The number of nitrogens with zero attached hydrogens (tertiary/aromatic N) is 1. The van der Waals surface area contributed by atoms with Gasteiger partial charge in [-0.15, -0.1) is 11.3 Å². The second-order valence-corrected chi connectivity index (χ2v) is 8.85. The van der Waals surface area contributed by atoms with E-state index in [9.17, 15) is 18.3 Å². The largest absolute Gasteiger partial charge is 0.504 e. The third-order valence-electron chi connectivity index (χ3n) is 3.46. The van der Waals surface area contributed by atoms with Crippen molar-refractivity contribution in [3.8, 4) is 5.75 Å². The van der Waals surface area contributed by atoms with Gasteiger partial charge in [-0.25, -0.2) is 13.2 Å². The van der Waals surface area contributed by atoms with Gasteiger partial charge in [-0.1, -0.05) is 43.1 Å². The van der Waals surface area contributed by atoms with E-state index in [2.05, 4.69) is 10.6 Å². The maximum Gasteiger partial charge on any atom is 0.323 e. The van der Waals surface area contributed by atoms with E-state index in [1.54, 1.807) is 32.0 Å². The Labute approximate surface area is 165 Å². The van der Waals surface area contributed by atoms with Crippen molar-refractivity contribution < 1.29 is 18.3 Å². The first kappa shape index (κ1) is 20.8. The van der Waals surface area contributed by atoms with Crippen LogP contribution in [0.15, 0.2) is 27.8 Å². The van der Waals surface area contributed by atoms with Crippen LogP contribution in [0.3, 0.4) is 0 Å². The Balaban J connectivity index is 2.20. The van der Waals surface area contributed by atoms with Gasteiger partial charge in [0.25, 0.3) is 10.0 Å². The van der Waals surface area contributed by atoms with Crippen molar-refractivity contribution in [3.63, 3.8) is 0 Å². The van der Waals surface area contributed by atoms with Crippen molar-refractivity contribution in [1.82, 2.24) is 4.31 Å². The summed E-state index contributed by atoms with van der Waals surface area (Å²) in [7, 11) is -3.83. The lowest BCUT2D eigenvalue weighted by atomic mass is 10.3. The zero-order valence-corrected chi connectivity index (χ0v) is 17.1. The minimum Gasteiger partial charge on any atom is -0.504 e. The lowest BCUT2D eigenvalue weighted by molar-refractivity contribution is 0.262. The second-order valence-electron chi connectivity index (χ2n) is 5.06. The van der Waals surface area contributed by atoms with Crippen molar-refractivity contribution in [2.75, 3.05) is 23.7 Å². The SMILES string of the molecule is CCN(CC)S(=O)(=O)c1scc(NC(=O)Nc2cccc(Cl)c2Cl)c1O. The molecule has 0 atom stereocenters. The fraction of sp³-hybridized carbons (Fsp3) is 0.267. The van der Waals surface area contributed by atoms with E-state index in [1.807, 2.05) is 0 Å². The number of amides is 2. The van der Waals surface area contributed by atoms with E-state index in [0.29, 0.717) is 0 Å². The lowest BCUT2D eigenvalue weighted by Gasteiger charge is -2.17. The first-order valence-corrected chi connectivity index (χ1v) is 10.6. The molecule has 2 aromatic rings. The molecule has 26 heavy (non-hydrogen) atoms. The third-order valence-corrected chi connectivity index (χ3v) is 7.82. The summed E-state index contributed by atoms with van der Waals surface area (Å²) < 4.78 is 26.0. The topological polar surface area (TPSA) is 98.7 Å². The van der Waals surface area contributed by atoms with Crippen molar-refractivity contribution >= 4 is 62.0 Å². The lowest BCUT2D eigenvalue weighted by Crippen LogP contribution is -2.30. The molecule has 0 bridgehead atoms. The Kier molecular flexibility index (Phi) is 6.75. The predicted molar refractivity (Wildman–Crippen MR) is 105 cm³/mol. The van der Waals surface area contributed by atoms with E-state index in [4.69, 9.17) is 23.2 Å². The van der Waals surface area contributed by atoms with E-state index >= 15 is 0 Å². The van der Waals surface area contributed by atoms with Gasteiger partial charge in [-0.2, -0.15) is 4.31 Å². The molecule has 0 spiro atoms. The molecular formula is C15H17Cl2N3O4S2. The molecule has 0 aliphatic rings. The number of carbonyl (C=O) groups is 1. The first-order valence-electron chi connectivity index (χ1n) is 7.54. The van der Waals surface area contributed by atoms with E-state index in [1.165, 1.54) is 9.69 Å². The fourth-order valence-corrected chi connectivity index (χ4v) is 5.34. The van der Waals surface area contributed by atoms with Crippen LogP contribution in [0, 0.1) is 0 Å². The van der Waals surface area contributed by atoms with Crippen LogP contribution in [0.2, 0.25) is 10.0 Å². The third kappa shape index (κ3) is 4.24. The quantitative estimate of drug-likeness (QED) is 0.621. The molecular weight excluding hydrogens is 421 g/mol. The Morgan fingerprint density at radius 1 is 1.19 bits per heavy atom. The Morgan fingerprint density at radius 3 is 2.42 bits per heavy atom. The normalized spacial score (nSPS) is 11.6. The summed E-state index contributed by atoms with van der Waals surface area (Å²) in [6, 6.07) is 4.04. The van der Waals surface area contributed by atoms with Crippen LogP contribution in [0.1, 0.15) is 13.8 Å². The summed E-state index contributed by atoms with van der Waals surface area (Å²) in [6.07, 6.45) is 0. The standard InChI is InChI=1S/C15H17Cl2N3O4S2/c1-3-20(4-2)26(23,24)14-13(21)11(8-25-14)19-15(22)18-10-7-5-6-9(16)12(10)17/h5-8,21H,3-4H2,1-2H3,(H2,18,19,22). The number of urea groups is 1. The maximum absolute atomic E-state index is 12.5. The van der Waals surface area contributed by atoms with Crippen molar-refractivity contribution in [2.45, 2.75) is 18.1 Å². The van der Waals surface area contributed by atoms with Gasteiger partial charge in [-0.05, 0) is 12.1 Å². The number of halogens is 2. The minimum absolute atomic E-state index is 0.0172. The van der Waals surface area contributed by atoms with Gasteiger partial charge in [0.2, 0.25) is 0 Å². The predicted octanol–water partition coefficient (Wildman–Crippen LogP) is 4.44. The van der Waals surface area contributed by atoms with Gasteiger partial charge in [0, 0.05) is 18.5 Å². The molecule has 0 saturated heterocycles. The number of nitrogens with one attached hydrogen (secondary N) is 2. The zero-order valence-electron chi connectivity index (χ0n) is 13.9.